The van der Waals surface area contributed by atoms with Crippen molar-refractivity contribution in [2.45, 2.75) is 32.1 Å². The second-order valence-electron chi connectivity index (χ2n) is 5.23. The molecule has 2 N–H and O–H groups in total. The minimum atomic E-state index is -0.750. The van der Waals surface area contributed by atoms with E-state index in [2.05, 4.69) is 10.6 Å². The summed E-state index contributed by atoms with van der Waals surface area (Å²) in [7, 11) is 0. The molecule has 0 spiro atoms. The zero-order valence-corrected chi connectivity index (χ0v) is 11.6. The van der Waals surface area contributed by atoms with Gasteiger partial charge in [0.15, 0.2) is 0 Å². The van der Waals surface area contributed by atoms with Crippen molar-refractivity contribution in [2.24, 2.45) is 5.92 Å². The molecule has 6 heteroatoms. The first-order valence-corrected chi connectivity index (χ1v) is 7.08. The molecular weight excluding hydrogens is 278 g/mol. The van der Waals surface area contributed by atoms with Gasteiger partial charge in [-0.05, 0) is 25.0 Å². The average Bonchev–Trinajstić information content (AvgIpc) is 2.90. The summed E-state index contributed by atoms with van der Waals surface area (Å²) in [6, 6.07) is 2.81. The molecule has 0 bridgehead atoms. The molecule has 1 aliphatic rings. The topological polar surface area (TPSA) is 58.2 Å². The van der Waals surface area contributed by atoms with Crippen molar-refractivity contribution < 1.29 is 18.4 Å². The first kappa shape index (κ1) is 15.4. The van der Waals surface area contributed by atoms with Crippen LogP contribution in [0.5, 0.6) is 0 Å². The SMILES string of the molecule is O=C(CCNC(=O)C1CCCC1)Nc1cc(F)cc(F)c1. The van der Waals surface area contributed by atoms with Crippen LogP contribution in [0.15, 0.2) is 18.2 Å². The van der Waals surface area contributed by atoms with Crippen molar-refractivity contribution in [2.75, 3.05) is 11.9 Å². The van der Waals surface area contributed by atoms with E-state index in [0.717, 1.165) is 43.9 Å². The van der Waals surface area contributed by atoms with Crippen LogP contribution in [0, 0.1) is 17.6 Å². The number of anilines is 1. The zero-order valence-electron chi connectivity index (χ0n) is 11.6. The Bertz CT molecular complexity index is 508. The molecule has 0 aromatic heterocycles. The highest BCUT2D eigenvalue weighted by Gasteiger charge is 2.22. The maximum Gasteiger partial charge on any atom is 0.226 e. The monoisotopic (exact) mass is 296 g/mol. The third-order valence-electron chi connectivity index (χ3n) is 3.52. The van der Waals surface area contributed by atoms with Gasteiger partial charge in [-0.1, -0.05) is 12.8 Å². The Morgan fingerprint density at radius 3 is 2.33 bits per heavy atom. The van der Waals surface area contributed by atoms with Gasteiger partial charge >= 0.3 is 0 Å². The highest BCUT2D eigenvalue weighted by atomic mass is 19.1. The first-order chi connectivity index (χ1) is 10.0. The van der Waals surface area contributed by atoms with E-state index < -0.39 is 17.5 Å². The van der Waals surface area contributed by atoms with Gasteiger partial charge < -0.3 is 10.6 Å². The smallest absolute Gasteiger partial charge is 0.226 e. The van der Waals surface area contributed by atoms with Gasteiger partial charge in [-0.2, -0.15) is 0 Å². The maximum atomic E-state index is 13.0. The maximum absolute atomic E-state index is 13.0. The lowest BCUT2D eigenvalue weighted by Crippen LogP contribution is -2.32. The third kappa shape index (κ3) is 4.81. The fourth-order valence-corrected chi connectivity index (χ4v) is 2.48. The van der Waals surface area contributed by atoms with Gasteiger partial charge in [-0.3, -0.25) is 9.59 Å². The predicted molar refractivity (Wildman–Crippen MR) is 74.6 cm³/mol. The molecule has 0 saturated heterocycles. The van der Waals surface area contributed by atoms with Gasteiger partial charge in [0.25, 0.3) is 0 Å². The quantitative estimate of drug-likeness (QED) is 0.877. The van der Waals surface area contributed by atoms with Crippen LogP contribution in [0.4, 0.5) is 14.5 Å². The molecule has 1 aromatic carbocycles. The number of halogens is 2. The Labute approximate surface area is 121 Å². The highest BCUT2D eigenvalue weighted by Crippen LogP contribution is 2.24. The number of hydrogen-bond donors (Lipinski definition) is 2. The standard InChI is InChI=1S/C15H18F2N2O2/c16-11-7-12(17)9-13(8-11)19-14(20)5-6-18-15(21)10-3-1-2-4-10/h7-10H,1-6H2,(H,18,21)(H,19,20). The molecule has 0 aliphatic heterocycles. The van der Waals surface area contributed by atoms with Gasteiger partial charge in [0.05, 0.1) is 0 Å². The average molecular weight is 296 g/mol. The van der Waals surface area contributed by atoms with Crippen molar-refractivity contribution in [3.05, 3.63) is 29.8 Å². The number of carbonyl (C=O) groups is 2. The summed E-state index contributed by atoms with van der Waals surface area (Å²) in [5.74, 6) is -1.85. The molecule has 1 aliphatic carbocycles. The second-order valence-corrected chi connectivity index (χ2v) is 5.23. The van der Waals surface area contributed by atoms with E-state index in [0.29, 0.717) is 0 Å². The lowest BCUT2D eigenvalue weighted by atomic mass is 10.1. The number of benzene rings is 1. The zero-order chi connectivity index (χ0) is 15.2. The number of nitrogens with one attached hydrogen (secondary N) is 2. The van der Waals surface area contributed by atoms with Crippen LogP contribution in [-0.4, -0.2) is 18.4 Å². The molecule has 4 nitrogen and oxygen atoms in total. The van der Waals surface area contributed by atoms with E-state index in [1.54, 1.807) is 0 Å². The minimum Gasteiger partial charge on any atom is -0.355 e. The Morgan fingerprint density at radius 2 is 1.71 bits per heavy atom. The fraction of sp³-hybridized carbons (Fsp3) is 0.467. The van der Waals surface area contributed by atoms with E-state index >= 15 is 0 Å². The minimum absolute atomic E-state index is 0.0166. The molecule has 0 heterocycles. The summed E-state index contributed by atoms with van der Waals surface area (Å²) in [5, 5.41) is 5.11. The number of rotatable bonds is 5. The Hall–Kier alpha value is -1.98. The lowest BCUT2D eigenvalue weighted by Gasteiger charge is -2.10. The summed E-state index contributed by atoms with van der Waals surface area (Å²) >= 11 is 0. The fourth-order valence-electron chi connectivity index (χ4n) is 2.48. The number of amides is 2. The molecule has 1 saturated carbocycles. The van der Waals surface area contributed by atoms with Crippen molar-refractivity contribution in [3.8, 4) is 0 Å². The molecule has 0 radical (unpaired) electrons. The van der Waals surface area contributed by atoms with E-state index in [-0.39, 0.29) is 30.5 Å². The van der Waals surface area contributed by atoms with Gasteiger partial charge in [0.1, 0.15) is 11.6 Å². The molecule has 1 fully saturated rings. The Balaban J connectivity index is 1.73. The van der Waals surface area contributed by atoms with Crippen LogP contribution in [0.1, 0.15) is 32.1 Å². The van der Waals surface area contributed by atoms with Crippen molar-refractivity contribution in [1.29, 1.82) is 0 Å². The van der Waals surface area contributed by atoms with Gasteiger partial charge in [-0.25, -0.2) is 8.78 Å². The van der Waals surface area contributed by atoms with E-state index in [4.69, 9.17) is 0 Å². The van der Waals surface area contributed by atoms with E-state index in [1.165, 1.54) is 0 Å². The normalized spacial score (nSPS) is 15.0. The Kier molecular flexibility index (Phi) is 5.25. The van der Waals surface area contributed by atoms with Crippen LogP contribution in [0.2, 0.25) is 0 Å². The third-order valence-corrected chi connectivity index (χ3v) is 3.52. The van der Waals surface area contributed by atoms with Gasteiger partial charge in [-0.15, -0.1) is 0 Å². The predicted octanol–water partition coefficient (Wildman–Crippen LogP) is 2.60. The van der Waals surface area contributed by atoms with Crippen molar-refractivity contribution in [3.63, 3.8) is 0 Å². The number of carbonyl (C=O) groups excluding carboxylic acids is 2. The Morgan fingerprint density at radius 1 is 1.10 bits per heavy atom. The summed E-state index contributed by atoms with van der Waals surface area (Å²) in [6.45, 7) is 0.221. The van der Waals surface area contributed by atoms with E-state index in [9.17, 15) is 18.4 Å². The van der Waals surface area contributed by atoms with Crippen LogP contribution in [-0.2, 0) is 9.59 Å². The molecule has 114 valence electrons. The van der Waals surface area contributed by atoms with Gasteiger partial charge in [0.2, 0.25) is 11.8 Å². The van der Waals surface area contributed by atoms with Crippen LogP contribution < -0.4 is 10.6 Å². The van der Waals surface area contributed by atoms with E-state index in [1.807, 2.05) is 0 Å². The summed E-state index contributed by atoms with van der Waals surface area (Å²) in [6.07, 6.45) is 4.02. The summed E-state index contributed by atoms with van der Waals surface area (Å²) in [4.78, 5) is 23.4. The van der Waals surface area contributed by atoms with Crippen molar-refractivity contribution >= 4 is 17.5 Å². The second kappa shape index (κ2) is 7.15. The molecule has 2 amide bonds. The molecule has 0 atom stereocenters. The molecule has 2 rings (SSSR count). The molecule has 21 heavy (non-hydrogen) atoms. The van der Waals surface area contributed by atoms with Crippen molar-refractivity contribution in [1.82, 2.24) is 5.32 Å². The van der Waals surface area contributed by atoms with Crippen LogP contribution >= 0.6 is 0 Å². The lowest BCUT2D eigenvalue weighted by molar-refractivity contribution is -0.124. The van der Waals surface area contributed by atoms with Crippen LogP contribution in [0.3, 0.4) is 0 Å². The molecule has 0 unspecified atom stereocenters. The largest absolute Gasteiger partial charge is 0.355 e. The number of hydrogen-bond acceptors (Lipinski definition) is 2. The first-order valence-electron chi connectivity index (χ1n) is 7.08. The summed E-state index contributed by atoms with van der Waals surface area (Å²) < 4.78 is 25.9. The highest BCUT2D eigenvalue weighted by molar-refractivity contribution is 5.91. The van der Waals surface area contributed by atoms with Gasteiger partial charge in [0, 0.05) is 30.6 Å². The molecular formula is C15H18F2N2O2. The molecule has 1 aromatic rings. The van der Waals surface area contributed by atoms with Crippen LogP contribution in [0.25, 0.3) is 0 Å². The summed E-state index contributed by atoms with van der Waals surface area (Å²) in [5.41, 5.74) is 0.0691.